The van der Waals surface area contributed by atoms with Crippen LogP contribution in [0.1, 0.15) is 30.1 Å². The van der Waals surface area contributed by atoms with Crippen LogP contribution >= 0.6 is 0 Å². The average molecular weight is 276 g/mol. The second kappa shape index (κ2) is 6.41. The molecule has 1 aromatic rings. The van der Waals surface area contributed by atoms with Crippen LogP contribution in [0.2, 0.25) is 0 Å². The summed E-state index contributed by atoms with van der Waals surface area (Å²) < 4.78 is 4.95. The van der Waals surface area contributed by atoms with Crippen LogP contribution in [0, 0.1) is 5.92 Å². The molecule has 0 saturated carbocycles. The zero-order chi connectivity index (χ0) is 14.5. The molecular weight excluding hydrogens is 256 g/mol. The molecule has 5 nitrogen and oxygen atoms in total. The van der Waals surface area contributed by atoms with Gasteiger partial charge in [0.25, 0.3) is 0 Å². The van der Waals surface area contributed by atoms with Gasteiger partial charge in [0.1, 0.15) is 0 Å². The maximum atomic E-state index is 11.6. The molecule has 0 bridgehead atoms. The Hall–Kier alpha value is -2.04. The lowest BCUT2D eigenvalue weighted by Gasteiger charge is -2.32. The predicted molar refractivity (Wildman–Crippen MR) is 76.5 cm³/mol. The van der Waals surface area contributed by atoms with E-state index in [0.29, 0.717) is 12.2 Å². The van der Waals surface area contributed by atoms with Gasteiger partial charge in [0.15, 0.2) is 0 Å². The first-order valence-corrected chi connectivity index (χ1v) is 6.93. The number of ether oxygens (including phenoxy) is 1. The summed E-state index contributed by atoms with van der Waals surface area (Å²) >= 11 is 0. The van der Waals surface area contributed by atoms with Gasteiger partial charge in [-0.05, 0) is 44.0 Å². The van der Waals surface area contributed by atoms with Crippen LogP contribution in [0.25, 0.3) is 0 Å². The molecule has 1 fully saturated rings. The molecular formula is C15H20N2O3. The second-order valence-corrected chi connectivity index (χ2v) is 4.93. The van der Waals surface area contributed by atoms with Crippen LogP contribution < -0.4 is 10.6 Å². The molecule has 0 aliphatic carbocycles. The third kappa shape index (κ3) is 3.29. The van der Waals surface area contributed by atoms with Crippen molar-refractivity contribution in [2.75, 3.05) is 24.6 Å². The lowest BCUT2D eigenvalue weighted by atomic mass is 9.96. The van der Waals surface area contributed by atoms with Gasteiger partial charge in [-0.15, -0.1) is 0 Å². The van der Waals surface area contributed by atoms with Crippen molar-refractivity contribution in [2.24, 2.45) is 11.7 Å². The number of carbonyl (C=O) groups is 2. The van der Waals surface area contributed by atoms with Gasteiger partial charge in [0, 0.05) is 24.7 Å². The standard InChI is InChI=1S/C15H20N2O3/c1-2-20-15(19)12-3-5-13(6-4-12)17-9-7-11(8-10-17)14(16)18/h3-6,11H,2,7-10H2,1H3,(H2,16,18). The Labute approximate surface area is 118 Å². The van der Waals surface area contributed by atoms with E-state index in [0.717, 1.165) is 31.6 Å². The highest BCUT2D eigenvalue weighted by Crippen LogP contribution is 2.23. The smallest absolute Gasteiger partial charge is 0.338 e. The van der Waals surface area contributed by atoms with Crippen LogP contribution in [0.3, 0.4) is 0 Å². The molecule has 1 saturated heterocycles. The van der Waals surface area contributed by atoms with Crippen molar-refractivity contribution in [3.05, 3.63) is 29.8 Å². The Morgan fingerprint density at radius 2 is 1.85 bits per heavy atom. The average Bonchev–Trinajstić information content (AvgIpc) is 2.48. The van der Waals surface area contributed by atoms with Crippen molar-refractivity contribution >= 4 is 17.6 Å². The molecule has 5 heteroatoms. The number of nitrogens with two attached hydrogens (primary N) is 1. The summed E-state index contributed by atoms with van der Waals surface area (Å²) in [5, 5.41) is 0. The highest BCUT2D eigenvalue weighted by molar-refractivity contribution is 5.89. The lowest BCUT2D eigenvalue weighted by Crippen LogP contribution is -2.38. The van der Waals surface area contributed by atoms with E-state index in [9.17, 15) is 9.59 Å². The van der Waals surface area contributed by atoms with Crippen molar-refractivity contribution in [1.82, 2.24) is 0 Å². The largest absolute Gasteiger partial charge is 0.462 e. The fourth-order valence-corrected chi connectivity index (χ4v) is 2.44. The number of esters is 1. The van der Waals surface area contributed by atoms with Gasteiger partial charge in [-0.25, -0.2) is 4.79 Å². The molecule has 1 aromatic carbocycles. The van der Waals surface area contributed by atoms with Crippen LogP contribution in [0.15, 0.2) is 24.3 Å². The summed E-state index contributed by atoms with van der Waals surface area (Å²) in [6.07, 6.45) is 1.57. The minimum Gasteiger partial charge on any atom is -0.462 e. The number of primary amides is 1. The molecule has 20 heavy (non-hydrogen) atoms. The first-order valence-electron chi connectivity index (χ1n) is 6.93. The van der Waals surface area contributed by atoms with Crippen LogP contribution in [0.5, 0.6) is 0 Å². The maximum absolute atomic E-state index is 11.6. The van der Waals surface area contributed by atoms with E-state index in [4.69, 9.17) is 10.5 Å². The van der Waals surface area contributed by atoms with E-state index in [1.807, 2.05) is 12.1 Å². The Kier molecular flexibility index (Phi) is 4.61. The molecule has 1 aliphatic rings. The third-order valence-corrected chi connectivity index (χ3v) is 3.64. The quantitative estimate of drug-likeness (QED) is 0.847. The molecule has 0 radical (unpaired) electrons. The van der Waals surface area contributed by atoms with Crippen LogP contribution in [-0.4, -0.2) is 31.6 Å². The zero-order valence-electron chi connectivity index (χ0n) is 11.7. The molecule has 0 aromatic heterocycles. The number of piperidine rings is 1. The first-order chi connectivity index (χ1) is 9.61. The van der Waals surface area contributed by atoms with Crippen molar-refractivity contribution in [3.8, 4) is 0 Å². The van der Waals surface area contributed by atoms with Crippen LogP contribution in [-0.2, 0) is 9.53 Å². The molecule has 2 N–H and O–H groups in total. The minimum absolute atomic E-state index is 0.00921. The summed E-state index contributed by atoms with van der Waals surface area (Å²) in [4.78, 5) is 24.9. The van der Waals surface area contributed by atoms with Crippen molar-refractivity contribution in [3.63, 3.8) is 0 Å². The van der Waals surface area contributed by atoms with E-state index in [1.165, 1.54) is 0 Å². The molecule has 108 valence electrons. The zero-order valence-corrected chi connectivity index (χ0v) is 11.7. The van der Waals surface area contributed by atoms with E-state index in [-0.39, 0.29) is 17.8 Å². The Morgan fingerprint density at radius 3 is 2.35 bits per heavy atom. The molecule has 1 amide bonds. The number of rotatable bonds is 4. The monoisotopic (exact) mass is 276 g/mol. The fraction of sp³-hybridized carbons (Fsp3) is 0.467. The number of benzene rings is 1. The SMILES string of the molecule is CCOC(=O)c1ccc(N2CCC(C(N)=O)CC2)cc1. The summed E-state index contributed by atoms with van der Waals surface area (Å²) in [5.74, 6) is -0.515. The van der Waals surface area contributed by atoms with Crippen molar-refractivity contribution in [2.45, 2.75) is 19.8 Å². The fourth-order valence-electron chi connectivity index (χ4n) is 2.44. The van der Waals surface area contributed by atoms with Gasteiger partial charge in [-0.2, -0.15) is 0 Å². The number of anilines is 1. The Balaban J connectivity index is 1.97. The summed E-state index contributed by atoms with van der Waals surface area (Å²) in [5.41, 5.74) is 6.94. The van der Waals surface area contributed by atoms with Gasteiger partial charge < -0.3 is 15.4 Å². The van der Waals surface area contributed by atoms with E-state index >= 15 is 0 Å². The van der Waals surface area contributed by atoms with Gasteiger partial charge in [-0.1, -0.05) is 0 Å². The molecule has 1 heterocycles. The van der Waals surface area contributed by atoms with Crippen molar-refractivity contribution in [1.29, 1.82) is 0 Å². The minimum atomic E-state index is -0.300. The van der Waals surface area contributed by atoms with Gasteiger partial charge in [0.2, 0.25) is 5.91 Å². The van der Waals surface area contributed by atoms with E-state index in [2.05, 4.69) is 4.90 Å². The maximum Gasteiger partial charge on any atom is 0.338 e. The van der Waals surface area contributed by atoms with Crippen molar-refractivity contribution < 1.29 is 14.3 Å². The topological polar surface area (TPSA) is 72.6 Å². The number of carbonyl (C=O) groups excluding carboxylic acids is 2. The predicted octanol–water partition coefficient (Wildman–Crippen LogP) is 1.56. The van der Waals surface area contributed by atoms with Crippen LogP contribution in [0.4, 0.5) is 5.69 Å². The Bertz CT molecular complexity index is 476. The van der Waals surface area contributed by atoms with E-state index < -0.39 is 0 Å². The lowest BCUT2D eigenvalue weighted by molar-refractivity contribution is -0.122. The van der Waals surface area contributed by atoms with Gasteiger partial charge in [-0.3, -0.25) is 4.79 Å². The number of hydrogen-bond donors (Lipinski definition) is 1. The molecule has 0 unspecified atom stereocenters. The molecule has 1 aliphatic heterocycles. The van der Waals surface area contributed by atoms with Gasteiger partial charge >= 0.3 is 5.97 Å². The highest BCUT2D eigenvalue weighted by Gasteiger charge is 2.23. The van der Waals surface area contributed by atoms with E-state index in [1.54, 1.807) is 19.1 Å². The first kappa shape index (κ1) is 14.4. The normalized spacial score (nSPS) is 15.9. The number of hydrogen-bond acceptors (Lipinski definition) is 4. The third-order valence-electron chi connectivity index (χ3n) is 3.64. The molecule has 2 rings (SSSR count). The second-order valence-electron chi connectivity index (χ2n) is 4.93. The molecule has 0 spiro atoms. The Morgan fingerprint density at radius 1 is 1.25 bits per heavy atom. The number of amides is 1. The summed E-state index contributed by atoms with van der Waals surface area (Å²) in [6, 6.07) is 7.37. The molecule has 0 atom stereocenters. The summed E-state index contributed by atoms with van der Waals surface area (Å²) in [6.45, 7) is 3.79. The summed E-state index contributed by atoms with van der Waals surface area (Å²) in [7, 11) is 0. The number of nitrogens with zero attached hydrogens (tertiary/aromatic N) is 1. The van der Waals surface area contributed by atoms with Gasteiger partial charge in [0.05, 0.1) is 12.2 Å². The highest BCUT2D eigenvalue weighted by atomic mass is 16.5.